The Morgan fingerprint density at radius 3 is 2.36 bits per heavy atom. The van der Waals surface area contributed by atoms with Crippen molar-refractivity contribution in [2.24, 2.45) is 4.99 Å². The van der Waals surface area contributed by atoms with E-state index in [0.29, 0.717) is 22.5 Å². The largest absolute Gasteiger partial charge is 0.355 e. The summed E-state index contributed by atoms with van der Waals surface area (Å²) in [6, 6.07) is 5.36. The summed E-state index contributed by atoms with van der Waals surface area (Å²) in [4.78, 5) is 4.15. The van der Waals surface area contributed by atoms with Gasteiger partial charge in [0.25, 0.3) is 0 Å². The van der Waals surface area contributed by atoms with E-state index in [0.717, 1.165) is 11.8 Å². The zero-order valence-corrected chi connectivity index (χ0v) is 19.5. The minimum absolute atomic E-state index is 0. The number of benzene rings is 1. The average Bonchev–Trinajstić information content (AvgIpc) is 2.43. The van der Waals surface area contributed by atoms with Gasteiger partial charge in [0.15, 0.2) is 5.96 Å². The van der Waals surface area contributed by atoms with Crippen molar-refractivity contribution in [2.45, 2.75) is 32.4 Å². The highest BCUT2D eigenvalue weighted by Crippen LogP contribution is 2.25. The van der Waals surface area contributed by atoms with Crippen molar-refractivity contribution in [3.05, 3.63) is 33.8 Å². The number of aliphatic imine (C=N–C) groups is 1. The van der Waals surface area contributed by atoms with Crippen LogP contribution in [0.4, 0.5) is 0 Å². The van der Waals surface area contributed by atoms with E-state index >= 15 is 0 Å². The molecule has 0 saturated carbocycles. The predicted molar refractivity (Wildman–Crippen MR) is 117 cm³/mol. The molecule has 1 aromatic rings. The summed E-state index contributed by atoms with van der Waals surface area (Å²) in [7, 11) is -1.64. The van der Waals surface area contributed by atoms with Crippen molar-refractivity contribution >= 4 is 63.2 Å². The quantitative estimate of drug-likeness (QED) is 0.304. The normalized spacial score (nSPS) is 13.8. The Balaban J connectivity index is 0.00000576. The molecule has 0 fully saturated rings. The van der Waals surface area contributed by atoms with E-state index < -0.39 is 15.6 Å². The van der Waals surface area contributed by atoms with E-state index in [9.17, 15) is 8.42 Å². The van der Waals surface area contributed by atoms with E-state index in [1.54, 1.807) is 33.0 Å². The minimum atomic E-state index is -3.29. The molecule has 10 heteroatoms. The SMILES string of the molecule is CN=C(NCC(C)(C)NS(C)(=O)=O)NC(C)c1ccc(Cl)c(Cl)c1.I. The maximum absolute atomic E-state index is 11.4. The number of nitrogens with one attached hydrogen (secondary N) is 3. The zero-order chi connectivity index (χ0) is 18.5. The molecule has 0 aliphatic heterocycles. The number of sulfonamides is 1. The number of halogens is 3. The van der Waals surface area contributed by atoms with Crippen LogP contribution < -0.4 is 15.4 Å². The van der Waals surface area contributed by atoms with Gasteiger partial charge in [0.1, 0.15) is 0 Å². The van der Waals surface area contributed by atoms with Crippen LogP contribution in [0.1, 0.15) is 32.4 Å². The first kappa shape index (κ1) is 24.7. The van der Waals surface area contributed by atoms with Crippen LogP contribution in [0.15, 0.2) is 23.2 Å². The zero-order valence-electron chi connectivity index (χ0n) is 14.9. The molecule has 0 spiro atoms. The van der Waals surface area contributed by atoms with Crippen LogP contribution in [-0.4, -0.2) is 39.8 Å². The minimum Gasteiger partial charge on any atom is -0.355 e. The van der Waals surface area contributed by atoms with Crippen LogP contribution in [0.2, 0.25) is 10.0 Å². The Bertz CT molecular complexity index is 711. The summed E-state index contributed by atoms with van der Waals surface area (Å²) in [5.41, 5.74) is 0.304. The van der Waals surface area contributed by atoms with E-state index in [-0.39, 0.29) is 30.0 Å². The lowest BCUT2D eigenvalue weighted by Crippen LogP contribution is -2.53. The molecule has 0 radical (unpaired) electrons. The van der Waals surface area contributed by atoms with Gasteiger partial charge < -0.3 is 10.6 Å². The fourth-order valence-corrected chi connectivity index (χ4v) is 3.49. The number of guanidine groups is 1. The molecule has 0 bridgehead atoms. The van der Waals surface area contributed by atoms with Crippen molar-refractivity contribution in [1.29, 1.82) is 0 Å². The van der Waals surface area contributed by atoms with Gasteiger partial charge in [-0.25, -0.2) is 13.1 Å². The van der Waals surface area contributed by atoms with E-state index in [1.165, 1.54) is 0 Å². The lowest BCUT2D eigenvalue weighted by atomic mass is 10.1. The van der Waals surface area contributed by atoms with E-state index in [4.69, 9.17) is 23.2 Å². The molecule has 25 heavy (non-hydrogen) atoms. The lowest BCUT2D eigenvalue weighted by Gasteiger charge is -2.27. The topological polar surface area (TPSA) is 82.6 Å². The highest BCUT2D eigenvalue weighted by molar-refractivity contribution is 14.0. The Hall–Kier alpha value is -0.290. The van der Waals surface area contributed by atoms with Crippen LogP contribution in [0.3, 0.4) is 0 Å². The standard InChI is InChI=1S/C15H24Cl2N4O2S.HI/c1-10(11-6-7-12(16)13(17)8-11)20-14(18-4)19-9-15(2,3)21-24(5,22)23;/h6-8,10,21H,9H2,1-5H3,(H2,18,19,20);1H. The summed E-state index contributed by atoms with van der Waals surface area (Å²) in [5.74, 6) is 0.553. The summed E-state index contributed by atoms with van der Waals surface area (Å²) < 4.78 is 25.3. The molecule has 1 atom stereocenters. The van der Waals surface area contributed by atoms with Crippen LogP contribution in [0, 0.1) is 0 Å². The number of hydrogen-bond donors (Lipinski definition) is 3. The maximum atomic E-state index is 11.4. The van der Waals surface area contributed by atoms with Crippen molar-refractivity contribution < 1.29 is 8.42 Å². The molecule has 0 saturated heterocycles. The third-order valence-corrected chi connectivity index (χ3v) is 4.84. The smallest absolute Gasteiger partial charge is 0.209 e. The Morgan fingerprint density at radius 1 is 1.28 bits per heavy atom. The molecule has 1 rings (SSSR count). The number of nitrogens with zero attached hydrogens (tertiary/aromatic N) is 1. The van der Waals surface area contributed by atoms with E-state index in [1.807, 2.05) is 13.0 Å². The molecule has 0 amide bonds. The first-order valence-corrected chi connectivity index (χ1v) is 9.99. The molecule has 0 aliphatic carbocycles. The average molecular weight is 523 g/mol. The second-order valence-corrected chi connectivity index (χ2v) is 8.79. The Kier molecular flexibility index (Phi) is 10.0. The monoisotopic (exact) mass is 522 g/mol. The van der Waals surface area contributed by atoms with Gasteiger partial charge in [0.2, 0.25) is 10.0 Å². The summed E-state index contributed by atoms with van der Waals surface area (Å²) in [6.45, 7) is 5.91. The third kappa shape index (κ3) is 9.28. The van der Waals surface area contributed by atoms with Gasteiger partial charge in [-0.1, -0.05) is 29.3 Å². The first-order valence-electron chi connectivity index (χ1n) is 7.34. The molecule has 0 heterocycles. The van der Waals surface area contributed by atoms with Gasteiger partial charge in [0, 0.05) is 19.1 Å². The van der Waals surface area contributed by atoms with Crippen molar-refractivity contribution in [3.63, 3.8) is 0 Å². The van der Waals surface area contributed by atoms with Gasteiger partial charge in [0.05, 0.1) is 22.3 Å². The maximum Gasteiger partial charge on any atom is 0.209 e. The second kappa shape index (κ2) is 10.1. The van der Waals surface area contributed by atoms with Crippen LogP contribution in [0.25, 0.3) is 0 Å². The van der Waals surface area contributed by atoms with Gasteiger partial charge in [-0.3, -0.25) is 4.99 Å². The molecule has 6 nitrogen and oxygen atoms in total. The van der Waals surface area contributed by atoms with Crippen molar-refractivity contribution in [1.82, 2.24) is 15.4 Å². The molecule has 1 aromatic carbocycles. The van der Waals surface area contributed by atoms with Gasteiger partial charge in [-0.15, -0.1) is 24.0 Å². The van der Waals surface area contributed by atoms with Gasteiger partial charge >= 0.3 is 0 Å². The molecule has 3 N–H and O–H groups in total. The molecule has 1 unspecified atom stereocenters. The molecule has 144 valence electrons. The summed E-state index contributed by atoms with van der Waals surface area (Å²) >= 11 is 12.0. The van der Waals surface area contributed by atoms with Gasteiger partial charge in [-0.2, -0.15) is 0 Å². The molecule has 0 aromatic heterocycles. The van der Waals surface area contributed by atoms with Crippen LogP contribution in [0.5, 0.6) is 0 Å². The summed E-state index contributed by atoms with van der Waals surface area (Å²) in [5, 5.41) is 7.33. The van der Waals surface area contributed by atoms with Crippen LogP contribution in [-0.2, 0) is 10.0 Å². The highest BCUT2D eigenvalue weighted by Gasteiger charge is 2.22. The first-order chi connectivity index (χ1) is 10.9. The molecular formula is C15H25Cl2IN4O2S. The van der Waals surface area contributed by atoms with Crippen molar-refractivity contribution in [3.8, 4) is 0 Å². The highest BCUT2D eigenvalue weighted by atomic mass is 127. The number of hydrogen-bond acceptors (Lipinski definition) is 3. The van der Waals surface area contributed by atoms with Gasteiger partial charge in [-0.05, 0) is 38.5 Å². The summed E-state index contributed by atoms with van der Waals surface area (Å²) in [6.07, 6.45) is 1.13. The molecule has 0 aliphatic rings. The second-order valence-electron chi connectivity index (χ2n) is 6.22. The third-order valence-electron chi connectivity index (χ3n) is 3.18. The van der Waals surface area contributed by atoms with Crippen LogP contribution >= 0.6 is 47.2 Å². The fraction of sp³-hybridized carbons (Fsp3) is 0.533. The lowest BCUT2D eigenvalue weighted by molar-refractivity contribution is 0.445. The predicted octanol–water partition coefficient (Wildman–Crippen LogP) is 3.17. The van der Waals surface area contributed by atoms with E-state index in [2.05, 4.69) is 20.3 Å². The number of rotatable bonds is 6. The Labute approximate surface area is 177 Å². The fourth-order valence-electron chi connectivity index (χ4n) is 2.11. The van der Waals surface area contributed by atoms with Crippen molar-refractivity contribution in [2.75, 3.05) is 19.8 Å². The molecular weight excluding hydrogens is 498 g/mol. The Morgan fingerprint density at radius 2 is 1.88 bits per heavy atom.